The van der Waals surface area contributed by atoms with Gasteiger partial charge in [-0.2, -0.15) is 0 Å². The Balaban J connectivity index is 2.65. The minimum Gasteiger partial charge on any atom is -0.548 e. The van der Waals surface area contributed by atoms with Gasteiger partial charge in [-0.25, -0.2) is 0 Å². The van der Waals surface area contributed by atoms with Gasteiger partial charge in [0.1, 0.15) is 5.75 Å². The molecule has 146 valence electrons. The van der Waals surface area contributed by atoms with Crippen LogP contribution in [0.3, 0.4) is 0 Å². The van der Waals surface area contributed by atoms with E-state index in [1.807, 2.05) is 0 Å². The molecule has 1 rings (SSSR count). The number of rotatable bonds is 12. The summed E-state index contributed by atoms with van der Waals surface area (Å²) in [6, 6.07) is 3.78. The zero-order valence-electron chi connectivity index (χ0n) is 15.6. The van der Waals surface area contributed by atoms with Crippen LogP contribution in [0.1, 0.15) is 46.0 Å². The fraction of sp³-hybridized carbons (Fsp3) is 0.579. The summed E-state index contributed by atoms with van der Waals surface area (Å²) in [4.78, 5) is 23.6. The number of aliphatic carboxylic acids is 1. The molecule has 0 bridgehead atoms. The second kappa shape index (κ2) is 11.8. The van der Waals surface area contributed by atoms with Crippen LogP contribution >= 0.6 is 11.6 Å². The molecule has 1 aromatic carbocycles. The van der Waals surface area contributed by atoms with Crippen molar-refractivity contribution in [3.63, 3.8) is 0 Å². The van der Waals surface area contributed by atoms with Gasteiger partial charge < -0.3 is 25.3 Å². The molecule has 0 aliphatic rings. The van der Waals surface area contributed by atoms with Crippen LogP contribution in [-0.2, 0) is 9.59 Å². The predicted molar refractivity (Wildman–Crippen MR) is 101 cm³/mol. The second-order valence-electron chi connectivity index (χ2n) is 6.29. The quantitative estimate of drug-likeness (QED) is 0.579. The Labute approximate surface area is 160 Å². The number of benzene rings is 1. The first-order valence-electron chi connectivity index (χ1n) is 8.98. The van der Waals surface area contributed by atoms with Crippen molar-refractivity contribution in [2.75, 3.05) is 19.0 Å². The van der Waals surface area contributed by atoms with E-state index in [9.17, 15) is 14.7 Å². The first-order chi connectivity index (χ1) is 12.4. The van der Waals surface area contributed by atoms with Crippen LogP contribution in [0.4, 0.5) is 5.69 Å². The van der Waals surface area contributed by atoms with Crippen molar-refractivity contribution in [3.8, 4) is 5.75 Å². The monoisotopic (exact) mass is 383 g/mol. The minimum absolute atomic E-state index is 0.234. The molecule has 2 unspecified atom stereocenters. The predicted octanol–water partition coefficient (Wildman–Crippen LogP) is 2.60. The van der Waals surface area contributed by atoms with Crippen LogP contribution in [0.25, 0.3) is 0 Å². The van der Waals surface area contributed by atoms with Gasteiger partial charge >= 0.3 is 0 Å². The third-order valence-electron chi connectivity index (χ3n) is 4.31. The van der Waals surface area contributed by atoms with E-state index in [-0.39, 0.29) is 6.42 Å². The number of hydrogen-bond acceptors (Lipinski definition) is 5. The molecular formula is C19H28ClN2O4-. The van der Waals surface area contributed by atoms with E-state index in [0.717, 1.165) is 25.7 Å². The van der Waals surface area contributed by atoms with Crippen molar-refractivity contribution in [3.05, 3.63) is 23.2 Å². The number of ether oxygens (including phenoxy) is 1. The fourth-order valence-corrected chi connectivity index (χ4v) is 2.83. The van der Waals surface area contributed by atoms with E-state index in [0.29, 0.717) is 28.9 Å². The van der Waals surface area contributed by atoms with Gasteiger partial charge in [-0.15, -0.1) is 0 Å². The molecule has 1 amide bonds. The fourth-order valence-electron chi connectivity index (χ4n) is 2.66. The first-order valence-corrected chi connectivity index (χ1v) is 9.36. The van der Waals surface area contributed by atoms with E-state index in [1.54, 1.807) is 18.2 Å². The highest BCUT2D eigenvalue weighted by Gasteiger charge is 2.18. The zero-order valence-corrected chi connectivity index (χ0v) is 16.4. The number of anilines is 1. The average Bonchev–Trinajstić information content (AvgIpc) is 2.60. The van der Waals surface area contributed by atoms with E-state index in [2.05, 4.69) is 24.5 Å². The van der Waals surface area contributed by atoms with E-state index < -0.39 is 17.9 Å². The number of hydrogen-bond donors (Lipinski definition) is 2. The van der Waals surface area contributed by atoms with Gasteiger partial charge in [0.15, 0.2) is 0 Å². The third-order valence-corrected chi connectivity index (χ3v) is 4.54. The van der Waals surface area contributed by atoms with Crippen LogP contribution in [0.5, 0.6) is 5.75 Å². The normalized spacial score (nSPS) is 13.1. The van der Waals surface area contributed by atoms with Crippen molar-refractivity contribution in [1.82, 2.24) is 5.32 Å². The lowest BCUT2D eigenvalue weighted by molar-refractivity contribution is -0.308. The summed E-state index contributed by atoms with van der Waals surface area (Å²) in [6.07, 6.45) is 3.96. The molecule has 0 aliphatic heterocycles. The van der Waals surface area contributed by atoms with Crippen molar-refractivity contribution in [2.45, 2.75) is 52.0 Å². The summed E-state index contributed by atoms with van der Waals surface area (Å²) in [7, 11) is 1.48. The van der Waals surface area contributed by atoms with Crippen LogP contribution in [0.15, 0.2) is 18.2 Å². The number of carbonyl (C=O) groups is 2. The Hall–Kier alpha value is -1.79. The van der Waals surface area contributed by atoms with Gasteiger partial charge in [0.2, 0.25) is 5.91 Å². The molecule has 1 aromatic rings. The lowest BCUT2D eigenvalue weighted by Crippen LogP contribution is -2.48. The summed E-state index contributed by atoms with van der Waals surface area (Å²) in [6.45, 7) is 4.75. The summed E-state index contributed by atoms with van der Waals surface area (Å²) in [5.41, 5.74) is 0.400. The Morgan fingerprint density at radius 2 is 2.04 bits per heavy atom. The topological polar surface area (TPSA) is 90.5 Å². The highest BCUT2D eigenvalue weighted by molar-refractivity contribution is 6.31. The van der Waals surface area contributed by atoms with E-state index in [1.165, 1.54) is 7.11 Å². The van der Waals surface area contributed by atoms with E-state index >= 15 is 0 Å². The van der Waals surface area contributed by atoms with Gasteiger partial charge in [-0.3, -0.25) is 4.79 Å². The molecule has 0 fully saturated rings. The highest BCUT2D eigenvalue weighted by atomic mass is 35.5. The van der Waals surface area contributed by atoms with Gasteiger partial charge in [-0.1, -0.05) is 44.7 Å². The van der Waals surface area contributed by atoms with Crippen molar-refractivity contribution in [2.24, 2.45) is 5.92 Å². The van der Waals surface area contributed by atoms with Gasteiger partial charge in [0, 0.05) is 11.4 Å². The number of carboxylic acids is 1. The number of halogens is 1. The Morgan fingerprint density at radius 1 is 1.31 bits per heavy atom. The Morgan fingerprint density at radius 3 is 2.62 bits per heavy atom. The molecule has 0 saturated heterocycles. The molecule has 6 nitrogen and oxygen atoms in total. The van der Waals surface area contributed by atoms with Gasteiger partial charge in [-0.05, 0) is 37.1 Å². The molecular weight excluding hydrogens is 356 g/mol. The van der Waals surface area contributed by atoms with E-state index in [4.69, 9.17) is 16.3 Å². The molecule has 0 aliphatic carbocycles. The minimum atomic E-state index is -1.29. The lowest BCUT2D eigenvalue weighted by Gasteiger charge is -2.23. The maximum atomic E-state index is 12.3. The van der Waals surface area contributed by atoms with Crippen molar-refractivity contribution in [1.29, 1.82) is 0 Å². The molecule has 26 heavy (non-hydrogen) atoms. The number of nitrogens with one attached hydrogen (secondary N) is 2. The largest absolute Gasteiger partial charge is 0.548 e. The molecule has 2 N–H and O–H groups in total. The van der Waals surface area contributed by atoms with Crippen LogP contribution in [0, 0.1) is 5.92 Å². The highest BCUT2D eigenvalue weighted by Crippen LogP contribution is 2.27. The second-order valence-corrected chi connectivity index (χ2v) is 6.73. The Bertz CT molecular complexity index is 595. The number of carboxylic acid groups (broad SMARTS) is 1. The SMILES string of the molecule is CCCCC(CC)CNC(CC(=O)Nc1cc(Cl)ccc1OC)C(=O)[O-]. The molecule has 0 heterocycles. The van der Waals surface area contributed by atoms with Gasteiger partial charge in [0.05, 0.1) is 24.8 Å². The summed E-state index contributed by atoms with van der Waals surface area (Å²) < 4.78 is 5.17. The smallest absolute Gasteiger partial charge is 0.226 e. The van der Waals surface area contributed by atoms with Gasteiger partial charge in [0.25, 0.3) is 0 Å². The number of methoxy groups -OCH3 is 1. The average molecular weight is 384 g/mol. The maximum absolute atomic E-state index is 12.3. The number of carbonyl (C=O) groups excluding carboxylic acids is 2. The first kappa shape index (κ1) is 22.3. The van der Waals surface area contributed by atoms with Crippen LogP contribution < -0.4 is 20.5 Å². The molecule has 0 radical (unpaired) electrons. The van der Waals surface area contributed by atoms with Crippen LogP contribution in [-0.4, -0.2) is 31.6 Å². The molecule has 2 atom stereocenters. The van der Waals surface area contributed by atoms with Crippen LogP contribution in [0.2, 0.25) is 5.02 Å². The lowest BCUT2D eigenvalue weighted by atomic mass is 9.99. The molecule has 7 heteroatoms. The third kappa shape index (κ3) is 7.62. The van der Waals surface area contributed by atoms with Crippen molar-refractivity contribution >= 4 is 29.2 Å². The molecule has 0 spiro atoms. The number of unbranched alkanes of at least 4 members (excludes halogenated alkanes) is 1. The molecule has 0 saturated carbocycles. The summed E-state index contributed by atoms with van der Waals surface area (Å²) >= 11 is 5.93. The van der Waals surface area contributed by atoms with Crippen molar-refractivity contribution < 1.29 is 19.4 Å². The molecule has 0 aromatic heterocycles. The zero-order chi connectivity index (χ0) is 19.5. The standard InChI is InChI=1S/C19H29ClN2O4/c1-4-6-7-13(5-2)12-21-16(19(24)25)11-18(23)22-15-10-14(20)8-9-17(15)26-3/h8-10,13,16,21H,4-7,11-12H2,1-3H3,(H,22,23)(H,24,25)/p-1. The summed E-state index contributed by atoms with van der Waals surface area (Å²) in [5.74, 6) is -0.906. The maximum Gasteiger partial charge on any atom is 0.226 e. The Kier molecular flexibility index (Phi) is 10.1. The summed E-state index contributed by atoms with van der Waals surface area (Å²) in [5, 5.41) is 17.4. The number of amides is 1.